The van der Waals surface area contributed by atoms with Crippen LogP contribution in [-0.2, 0) is 29.9 Å². The van der Waals surface area contributed by atoms with E-state index < -0.39 is 23.7 Å². The van der Waals surface area contributed by atoms with Crippen LogP contribution in [0.5, 0.6) is 11.5 Å². The molecule has 1 saturated heterocycles. The highest BCUT2D eigenvalue weighted by Gasteiger charge is 2.39. The predicted molar refractivity (Wildman–Crippen MR) is 243 cm³/mol. The molecule has 0 atom stereocenters. The summed E-state index contributed by atoms with van der Waals surface area (Å²) in [6.45, 7) is 21.9. The number of halogens is 8. The summed E-state index contributed by atoms with van der Waals surface area (Å²) in [7, 11) is 1.91. The molecule has 0 aliphatic carbocycles. The molecule has 1 N–H and O–H groups in total. The van der Waals surface area contributed by atoms with Gasteiger partial charge in [0.2, 0.25) is 11.4 Å². The fraction of sp³-hybridized carbons (Fsp3) is 0.404. The number of nitrogens with one attached hydrogen (secondary N) is 1. The highest BCUT2D eigenvalue weighted by Crippen LogP contribution is 2.40. The molecule has 66 heavy (non-hydrogen) atoms. The zero-order chi connectivity index (χ0) is 47.9. The molecule has 11 nitrogen and oxygen atoms in total. The number of anilines is 2. The monoisotopic (exact) mass is 960 g/mol. The molecule has 1 fully saturated rings. The fourth-order valence-corrected chi connectivity index (χ4v) is 7.32. The maximum Gasteiger partial charge on any atom is 0.437 e. The van der Waals surface area contributed by atoms with Gasteiger partial charge in [0.25, 0.3) is 0 Å². The number of benzene rings is 4. The number of fused-ring (bicyclic) bond motifs is 2. The summed E-state index contributed by atoms with van der Waals surface area (Å²) in [4.78, 5) is 8.65. The lowest BCUT2D eigenvalue weighted by molar-refractivity contribution is -0.142. The number of aryl methyl sites for hydroxylation is 2. The van der Waals surface area contributed by atoms with Crippen LogP contribution in [0.1, 0.15) is 74.9 Å². The molecule has 0 amide bonds. The van der Waals surface area contributed by atoms with Crippen LogP contribution in [0, 0.1) is 13.1 Å². The molecule has 0 radical (unpaired) electrons. The Bertz CT molecular complexity index is 2610. The van der Waals surface area contributed by atoms with E-state index >= 15 is 0 Å². The molecule has 1 aliphatic rings. The fourth-order valence-electron chi connectivity index (χ4n) is 6.88. The molecule has 0 unspecified atom stereocenters. The highest BCUT2D eigenvalue weighted by molar-refractivity contribution is 6.34. The predicted octanol–water partition coefficient (Wildman–Crippen LogP) is 14.6. The van der Waals surface area contributed by atoms with Crippen LogP contribution >= 0.6 is 23.2 Å². The van der Waals surface area contributed by atoms with Gasteiger partial charge in [-0.25, -0.2) is 9.69 Å². The van der Waals surface area contributed by atoms with Crippen LogP contribution in [0.2, 0.25) is 10.0 Å². The van der Waals surface area contributed by atoms with Crippen LogP contribution in [0.4, 0.5) is 49.1 Å². The number of ether oxygens (including phenoxy) is 3. The largest absolute Gasteiger partial charge is 0.493 e. The number of aromatic nitrogens is 2. The van der Waals surface area contributed by atoms with Gasteiger partial charge in [-0.3, -0.25) is 0 Å². The second kappa shape index (κ2) is 24.1. The molecule has 3 heterocycles. The first-order valence-corrected chi connectivity index (χ1v) is 22.0. The van der Waals surface area contributed by atoms with Gasteiger partial charge in [0.15, 0.2) is 22.6 Å². The van der Waals surface area contributed by atoms with Gasteiger partial charge in [-0.2, -0.15) is 26.3 Å². The third kappa shape index (κ3) is 13.6. The van der Waals surface area contributed by atoms with Crippen LogP contribution in [-0.4, -0.2) is 56.9 Å². The van der Waals surface area contributed by atoms with Gasteiger partial charge in [0.05, 0.1) is 37.1 Å². The average molecular weight is 962 g/mol. The molecule has 0 bridgehead atoms. The number of alkyl halides is 6. The Labute approximate surface area is 388 Å². The molecule has 4 aromatic carbocycles. The Morgan fingerprint density at radius 2 is 1.21 bits per heavy atom. The van der Waals surface area contributed by atoms with Crippen molar-refractivity contribution < 1.29 is 49.6 Å². The van der Waals surface area contributed by atoms with E-state index in [9.17, 15) is 26.3 Å². The standard InChI is InChI=1S/C22H21ClF3N3O2.C21H19ClF3N3O2.C4H8O/c1-4-6-15-19(10-8-16-20(15)31-28-21(16)22(24,25)26)30-12-5-11-29(3)14-7-9-18(27-2)17(23)13-14;1-3-5-14-18(9-7-15-19(14)30-28-20(15)21(23,24)25)29-11-4-10-27-13-6-8-17(26-2)16(22)12-13;1-2-4-5-3-1/h7-10,13H,4-6,11-12H2,1,3H3;6-9,12,27H,3-5,10-11H2,1H3;1-4H2. The molecule has 352 valence electrons. The van der Waals surface area contributed by atoms with Crippen LogP contribution < -0.4 is 19.7 Å². The SMILES string of the molecule is C1CCOC1.[C-]#[N+]c1ccc(N(C)CCCOc2ccc3c(C(F)(F)F)noc3c2CCC)cc1Cl.[C-]#[N+]c1ccc(NCCCOc2ccc3c(C(F)(F)F)noc3c2CCC)cc1Cl. The third-order valence-electron chi connectivity index (χ3n) is 10.1. The topological polar surface area (TPSA) is 104 Å². The Morgan fingerprint density at radius 3 is 1.65 bits per heavy atom. The number of hydrogen-bond donors (Lipinski definition) is 1. The van der Waals surface area contributed by atoms with E-state index in [2.05, 4.69) is 25.3 Å². The lowest BCUT2D eigenvalue weighted by Gasteiger charge is -2.20. The van der Waals surface area contributed by atoms with Gasteiger partial charge in [0.1, 0.15) is 11.5 Å². The summed E-state index contributed by atoms with van der Waals surface area (Å²) in [5, 5.41) is 10.3. The lowest BCUT2D eigenvalue weighted by atomic mass is 10.0. The Kier molecular flexibility index (Phi) is 18.6. The van der Waals surface area contributed by atoms with Gasteiger partial charge in [-0.1, -0.05) is 72.3 Å². The molecule has 0 spiro atoms. The Balaban J connectivity index is 0.000000223. The van der Waals surface area contributed by atoms with Crippen molar-refractivity contribution in [3.05, 3.63) is 116 Å². The zero-order valence-electron chi connectivity index (χ0n) is 36.5. The second-order valence-electron chi connectivity index (χ2n) is 15.0. The molecule has 19 heteroatoms. The van der Waals surface area contributed by atoms with Crippen molar-refractivity contribution in [1.29, 1.82) is 0 Å². The lowest BCUT2D eigenvalue weighted by Crippen LogP contribution is -2.20. The molecule has 7 rings (SSSR count). The van der Waals surface area contributed by atoms with Gasteiger partial charge < -0.3 is 33.5 Å². The maximum absolute atomic E-state index is 13.1. The van der Waals surface area contributed by atoms with E-state index in [4.69, 9.17) is 59.6 Å². The summed E-state index contributed by atoms with van der Waals surface area (Å²) >= 11 is 12.1. The van der Waals surface area contributed by atoms with Crippen molar-refractivity contribution >= 4 is 67.9 Å². The summed E-state index contributed by atoms with van der Waals surface area (Å²) in [6, 6.07) is 16.1. The highest BCUT2D eigenvalue weighted by atomic mass is 35.5. The van der Waals surface area contributed by atoms with E-state index in [0.29, 0.717) is 96.0 Å². The quantitative estimate of drug-likeness (QED) is 0.0577. The first-order valence-electron chi connectivity index (χ1n) is 21.2. The normalized spacial score (nSPS) is 12.4. The van der Waals surface area contributed by atoms with Gasteiger partial charge in [-0.05, 0) is 87.1 Å². The van der Waals surface area contributed by atoms with Crippen molar-refractivity contribution in [2.24, 2.45) is 0 Å². The van der Waals surface area contributed by atoms with Crippen LogP contribution in [0.25, 0.3) is 31.6 Å². The number of hydrogen-bond acceptors (Lipinski definition) is 9. The van der Waals surface area contributed by atoms with E-state index in [1.54, 1.807) is 36.4 Å². The molecule has 6 aromatic rings. The number of nitrogens with zero attached hydrogens (tertiary/aromatic N) is 5. The van der Waals surface area contributed by atoms with E-state index in [-0.39, 0.29) is 21.9 Å². The summed E-state index contributed by atoms with van der Waals surface area (Å²) in [5.41, 5.74) is 1.86. The second-order valence-corrected chi connectivity index (χ2v) is 15.8. The van der Waals surface area contributed by atoms with Crippen LogP contribution in [0.3, 0.4) is 0 Å². The van der Waals surface area contributed by atoms with E-state index in [1.165, 1.54) is 31.0 Å². The molecular weight excluding hydrogens is 913 g/mol. The molecular formula is C47H48Cl2F6N6O5. The van der Waals surface area contributed by atoms with E-state index in [1.807, 2.05) is 31.9 Å². The summed E-state index contributed by atoms with van der Waals surface area (Å²) in [6.07, 6.45) is -2.78. The van der Waals surface area contributed by atoms with E-state index in [0.717, 1.165) is 37.4 Å². The van der Waals surface area contributed by atoms with Crippen molar-refractivity contribution in [1.82, 2.24) is 10.3 Å². The van der Waals surface area contributed by atoms with Gasteiger partial charge in [0, 0.05) is 65.9 Å². The minimum Gasteiger partial charge on any atom is -0.493 e. The number of rotatable bonds is 16. The van der Waals surface area contributed by atoms with Crippen molar-refractivity contribution in [3.63, 3.8) is 0 Å². The molecule has 0 saturated carbocycles. The maximum atomic E-state index is 13.1. The molecule has 2 aromatic heterocycles. The summed E-state index contributed by atoms with van der Waals surface area (Å²) in [5.74, 6) is 1.00. The van der Waals surface area contributed by atoms with Gasteiger partial charge >= 0.3 is 12.4 Å². The Hall–Kier alpha value is -5.88. The smallest absolute Gasteiger partial charge is 0.437 e. The first kappa shape index (κ1) is 51.1. The van der Waals surface area contributed by atoms with Crippen LogP contribution in [0.15, 0.2) is 69.7 Å². The first-order chi connectivity index (χ1) is 31.6. The van der Waals surface area contributed by atoms with Crippen molar-refractivity contribution in [3.8, 4) is 11.5 Å². The van der Waals surface area contributed by atoms with Gasteiger partial charge in [-0.15, -0.1) is 0 Å². The average Bonchev–Trinajstić information content (AvgIpc) is 4.09. The zero-order valence-corrected chi connectivity index (χ0v) is 38.0. The minimum atomic E-state index is -4.57. The third-order valence-corrected chi connectivity index (χ3v) is 10.7. The minimum absolute atomic E-state index is 0.0530. The Morgan fingerprint density at radius 1 is 0.712 bits per heavy atom. The summed E-state index contributed by atoms with van der Waals surface area (Å²) < 4.78 is 105. The van der Waals surface area contributed by atoms with Crippen molar-refractivity contribution in [2.45, 2.75) is 77.6 Å². The molecule has 1 aliphatic heterocycles. The van der Waals surface area contributed by atoms with Crippen molar-refractivity contribution in [2.75, 3.05) is 56.8 Å².